The summed E-state index contributed by atoms with van der Waals surface area (Å²) in [6.45, 7) is 10.8. The van der Waals surface area contributed by atoms with E-state index in [4.69, 9.17) is 4.52 Å². The molecule has 96 valence electrons. The average Bonchev–Trinajstić information content (AvgIpc) is 2.81. The molecular weight excluding hydrogens is 234 g/mol. The Bertz CT molecular complexity index is 372. The van der Waals surface area contributed by atoms with Crippen molar-refractivity contribution in [2.24, 2.45) is 5.92 Å². The fourth-order valence-electron chi connectivity index (χ4n) is 1.90. The van der Waals surface area contributed by atoms with Gasteiger partial charge in [-0.3, -0.25) is 0 Å². The molecule has 4 nitrogen and oxygen atoms in total. The lowest BCUT2D eigenvalue weighted by molar-refractivity contribution is 0.337. The van der Waals surface area contributed by atoms with Crippen LogP contribution in [0.4, 0.5) is 0 Å². The first-order chi connectivity index (χ1) is 7.96. The van der Waals surface area contributed by atoms with Crippen molar-refractivity contribution in [2.75, 3.05) is 13.1 Å². The molecule has 0 aliphatic carbocycles. The number of hydrogen-bond donors (Lipinski definition) is 1. The molecule has 17 heavy (non-hydrogen) atoms. The van der Waals surface area contributed by atoms with Crippen LogP contribution in [0.2, 0.25) is 0 Å². The normalized spacial score (nSPS) is 25.4. The molecule has 0 radical (unpaired) electrons. The predicted molar refractivity (Wildman–Crippen MR) is 70.1 cm³/mol. The van der Waals surface area contributed by atoms with Crippen molar-refractivity contribution in [3.8, 4) is 0 Å². The van der Waals surface area contributed by atoms with Crippen LogP contribution in [0, 0.1) is 5.92 Å². The molecule has 1 fully saturated rings. The van der Waals surface area contributed by atoms with Gasteiger partial charge in [-0.1, -0.05) is 32.9 Å². The zero-order valence-corrected chi connectivity index (χ0v) is 11.8. The molecule has 1 N–H and O–H groups in total. The van der Waals surface area contributed by atoms with E-state index in [-0.39, 0.29) is 4.75 Å². The lowest BCUT2D eigenvalue weighted by atomic mass is 9.98. The molecule has 2 heterocycles. The van der Waals surface area contributed by atoms with E-state index < -0.39 is 0 Å². The first kappa shape index (κ1) is 12.9. The van der Waals surface area contributed by atoms with Crippen LogP contribution >= 0.6 is 11.8 Å². The fraction of sp³-hybridized carbons (Fsp3) is 0.833. The smallest absolute Gasteiger partial charge is 0.231 e. The topological polar surface area (TPSA) is 51.0 Å². The van der Waals surface area contributed by atoms with E-state index in [1.54, 1.807) is 0 Å². The van der Waals surface area contributed by atoms with Crippen LogP contribution in [0.5, 0.6) is 0 Å². The van der Waals surface area contributed by atoms with Crippen molar-refractivity contribution >= 4 is 11.8 Å². The van der Waals surface area contributed by atoms with Crippen molar-refractivity contribution in [2.45, 2.75) is 44.1 Å². The second-order valence-electron chi connectivity index (χ2n) is 5.69. The summed E-state index contributed by atoms with van der Waals surface area (Å²) in [5.74, 6) is 3.40. The van der Waals surface area contributed by atoms with Crippen LogP contribution in [-0.4, -0.2) is 28.0 Å². The molecule has 2 atom stereocenters. The van der Waals surface area contributed by atoms with Crippen LogP contribution in [0.3, 0.4) is 0 Å². The van der Waals surface area contributed by atoms with Crippen LogP contribution in [0.15, 0.2) is 4.52 Å². The lowest BCUT2D eigenvalue weighted by Gasteiger charge is -2.15. The SMILES string of the molecule is C[C@@H]1CNC[C@H]1c1nc(CSC(C)(C)C)no1. The second-order valence-corrected chi connectivity index (χ2v) is 7.49. The molecule has 0 amide bonds. The number of thioether (sulfide) groups is 1. The van der Waals surface area contributed by atoms with Gasteiger partial charge in [-0.25, -0.2) is 0 Å². The Balaban J connectivity index is 1.96. The monoisotopic (exact) mass is 255 g/mol. The summed E-state index contributed by atoms with van der Waals surface area (Å²) in [6, 6.07) is 0. The largest absolute Gasteiger partial charge is 0.339 e. The predicted octanol–water partition coefficient (Wildman–Crippen LogP) is 2.42. The highest BCUT2D eigenvalue weighted by molar-refractivity contribution is 7.99. The molecule has 5 heteroatoms. The lowest BCUT2D eigenvalue weighted by Crippen LogP contribution is -2.09. The van der Waals surface area contributed by atoms with Crippen molar-refractivity contribution in [3.05, 3.63) is 11.7 Å². The van der Waals surface area contributed by atoms with Gasteiger partial charge in [0.25, 0.3) is 0 Å². The maximum absolute atomic E-state index is 5.37. The van der Waals surface area contributed by atoms with E-state index in [0.29, 0.717) is 11.8 Å². The van der Waals surface area contributed by atoms with Crippen LogP contribution < -0.4 is 5.32 Å². The van der Waals surface area contributed by atoms with Crippen molar-refractivity contribution in [3.63, 3.8) is 0 Å². The van der Waals surface area contributed by atoms with Gasteiger partial charge in [0.1, 0.15) is 0 Å². The van der Waals surface area contributed by atoms with Gasteiger partial charge in [0.15, 0.2) is 5.82 Å². The number of aromatic nitrogens is 2. The van der Waals surface area contributed by atoms with E-state index in [0.717, 1.165) is 30.6 Å². The zero-order valence-electron chi connectivity index (χ0n) is 11.0. The van der Waals surface area contributed by atoms with Gasteiger partial charge in [0, 0.05) is 11.3 Å². The Kier molecular flexibility index (Phi) is 3.78. The molecule has 1 aromatic heterocycles. The quantitative estimate of drug-likeness (QED) is 0.899. The highest BCUT2D eigenvalue weighted by atomic mass is 32.2. The highest BCUT2D eigenvalue weighted by Gasteiger charge is 2.29. The van der Waals surface area contributed by atoms with Gasteiger partial charge in [-0.15, -0.1) is 11.8 Å². The van der Waals surface area contributed by atoms with Gasteiger partial charge in [0.05, 0.1) is 11.7 Å². The molecule has 0 spiro atoms. The Hall–Kier alpha value is -0.550. The molecule has 1 saturated heterocycles. The molecular formula is C12H21N3OS. The summed E-state index contributed by atoms with van der Waals surface area (Å²) < 4.78 is 5.61. The molecule has 1 aliphatic heterocycles. The van der Waals surface area contributed by atoms with Crippen LogP contribution in [-0.2, 0) is 5.75 Å². The first-order valence-corrected chi connectivity index (χ1v) is 7.11. The van der Waals surface area contributed by atoms with Crippen molar-refractivity contribution < 1.29 is 4.52 Å². The summed E-state index contributed by atoms with van der Waals surface area (Å²) >= 11 is 1.84. The Morgan fingerprint density at radius 1 is 1.41 bits per heavy atom. The number of hydrogen-bond acceptors (Lipinski definition) is 5. The maximum Gasteiger partial charge on any atom is 0.231 e. The molecule has 1 aliphatic rings. The van der Waals surface area contributed by atoms with Crippen LogP contribution in [0.25, 0.3) is 0 Å². The minimum Gasteiger partial charge on any atom is -0.339 e. The van der Waals surface area contributed by atoms with E-state index in [1.807, 2.05) is 11.8 Å². The third kappa shape index (κ3) is 3.45. The average molecular weight is 255 g/mol. The number of nitrogens with zero attached hydrogens (tertiary/aromatic N) is 2. The molecule has 2 rings (SSSR count). The summed E-state index contributed by atoms with van der Waals surface area (Å²) in [4.78, 5) is 4.51. The summed E-state index contributed by atoms with van der Waals surface area (Å²) in [5, 5.41) is 7.42. The van der Waals surface area contributed by atoms with E-state index >= 15 is 0 Å². The second kappa shape index (κ2) is 4.98. The van der Waals surface area contributed by atoms with Gasteiger partial charge in [-0.05, 0) is 12.5 Å². The van der Waals surface area contributed by atoms with Crippen molar-refractivity contribution in [1.82, 2.24) is 15.5 Å². The van der Waals surface area contributed by atoms with E-state index in [9.17, 15) is 0 Å². The minimum atomic E-state index is 0.239. The summed E-state index contributed by atoms with van der Waals surface area (Å²) in [6.07, 6.45) is 0. The fourth-order valence-corrected chi connectivity index (χ4v) is 2.58. The van der Waals surface area contributed by atoms with Gasteiger partial charge < -0.3 is 9.84 Å². The Morgan fingerprint density at radius 2 is 2.18 bits per heavy atom. The third-order valence-electron chi connectivity index (χ3n) is 2.95. The van der Waals surface area contributed by atoms with Crippen molar-refractivity contribution in [1.29, 1.82) is 0 Å². The molecule has 0 saturated carbocycles. The molecule has 1 aromatic rings. The zero-order chi connectivity index (χ0) is 12.5. The maximum atomic E-state index is 5.37. The molecule has 0 aromatic carbocycles. The third-order valence-corrected chi connectivity index (χ3v) is 4.22. The highest BCUT2D eigenvalue weighted by Crippen LogP contribution is 2.29. The van der Waals surface area contributed by atoms with Crippen LogP contribution in [0.1, 0.15) is 45.3 Å². The minimum absolute atomic E-state index is 0.239. The first-order valence-electron chi connectivity index (χ1n) is 6.13. The Labute approximate surface area is 107 Å². The number of nitrogens with one attached hydrogen (secondary N) is 1. The molecule has 0 bridgehead atoms. The van der Waals surface area contributed by atoms with Gasteiger partial charge in [0.2, 0.25) is 5.89 Å². The van der Waals surface area contributed by atoms with Gasteiger partial charge in [-0.2, -0.15) is 4.98 Å². The number of rotatable bonds is 3. The summed E-state index contributed by atoms with van der Waals surface area (Å²) in [5.41, 5.74) is 0. The Morgan fingerprint density at radius 3 is 2.76 bits per heavy atom. The van der Waals surface area contributed by atoms with E-state index in [2.05, 4.69) is 43.2 Å². The summed E-state index contributed by atoms with van der Waals surface area (Å²) in [7, 11) is 0. The standard InChI is InChI=1S/C12H21N3OS/c1-8-5-13-6-9(8)11-14-10(15-16-11)7-17-12(2,3)4/h8-9,13H,5-7H2,1-4H3/t8-,9-/m1/s1. The molecule has 0 unspecified atom stereocenters. The van der Waals surface area contributed by atoms with Gasteiger partial charge >= 0.3 is 0 Å². The van der Waals surface area contributed by atoms with E-state index in [1.165, 1.54) is 0 Å².